The molecule has 0 radical (unpaired) electrons. The first kappa shape index (κ1) is 11.4. The molecule has 0 atom stereocenters. The molecule has 0 fully saturated rings. The maximum atomic E-state index is 11.1. The Balaban J connectivity index is 2.14. The second-order valence-corrected chi connectivity index (χ2v) is 5.41. The first-order valence-electron chi connectivity index (χ1n) is 5.83. The Labute approximate surface area is 110 Å². The summed E-state index contributed by atoms with van der Waals surface area (Å²) >= 11 is 1.72. The summed E-state index contributed by atoms with van der Waals surface area (Å²) in [6, 6.07) is 16.1. The lowest BCUT2D eigenvalue weighted by molar-refractivity contribution is -0.137. The van der Waals surface area contributed by atoms with E-state index in [1.165, 1.54) is 9.79 Å². The fourth-order valence-corrected chi connectivity index (χ4v) is 3.59. The molecule has 0 aliphatic carbocycles. The number of fused-ring (bicyclic) bond motifs is 2. The molecule has 3 rings (SSSR count). The van der Waals surface area contributed by atoms with Crippen LogP contribution in [0.5, 0.6) is 0 Å². The highest BCUT2D eigenvalue weighted by Crippen LogP contribution is 2.46. The fraction of sp³-hybridized carbons (Fsp3) is 0.133. The molecule has 2 aromatic rings. The number of hydrogen-bond acceptors (Lipinski definition) is 2. The van der Waals surface area contributed by atoms with Crippen LogP contribution in [-0.4, -0.2) is 11.1 Å². The van der Waals surface area contributed by atoms with E-state index >= 15 is 0 Å². The number of carboxylic acid groups (broad SMARTS) is 1. The molecule has 0 aromatic heterocycles. The van der Waals surface area contributed by atoms with E-state index in [4.69, 9.17) is 5.11 Å². The van der Waals surface area contributed by atoms with Gasteiger partial charge in [0.1, 0.15) is 0 Å². The zero-order chi connectivity index (χ0) is 12.5. The molecule has 18 heavy (non-hydrogen) atoms. The van der Waals surface area contributed by atoms with Crippen LogP contribution >= 0.6 is 11.8 Å². The van der Waals surface area contributed by atoms with Crippen LogP contribution in [0, 0.1) is 0 Å². The molecule has 1 heterocycles. The van der Waals surface area contributed by atoms with Crippen LogP contribution in [-0.2, 0) is 4.79 Å². The van der Waals surface area contributed by atoms with E-state index in [1.807, 2.05) is 36.4 Å². The molecule has 2 aromatic carbocycles. The van der Waals surface area contributed by atoms with Gasteiger partial charge < -0.3 is 5.11 Å². The molecule has 0 spiro atoms. The van der Waals surface area contributed by atoms with Crippen LogP contribution < -0.4 is 0 Å². The van der Waals surface area contributed by atoms with Gasteiger partial charge in [0.25, 0.3) is 0 Å². The topological polar surface area (TPSA) is 37.3 Å². The van der Waals surface area contributed by atoms with Crippen molar-refractivity contribution >= 4 is 17.7 Å². The average molecular weight is 256 g/mol. The van der Waals surface area contributed by atoms with Crippen molar-refractivity contribution in [1.82, 2.24) is 0 Å². The fourth-order valence-electron chi connectivity index (χ4n) is 2.40. The quantitative estimate of drug-likeness (QED) is 0.889. The molecule has 0 unspecified atom stereocenters. The Kier molecular flexibility index (Phi) is 2.84. The minimum Gasteiger partial charge on any atom is -0.481 e. The highest BCUT2D eigenvalue weighted by molar-refractivity contribution is 7.99. The molecule has 0 saturated carbocycles. The molecular weight excluding hydrogens is 244 g/mol. The van der Waals surface area contributed by atoms with Gasteiger partial charge in [-0.25, -0.2) is 0 Å². The zero-order valence-electron chi connectivity index (χ0n) is 9.67. The van der Waals surface area contributed by atoms with Gasteiger partial charge in [0.2, 0.25) is 0 Å². The van der Waals surface area contributed by atoms with Gasteiger partial charge in [-0.2, -0.15) is 0 Å². The van der Waals surface area contributed by atoms with Crippen LogP contribution in [0.1, 0.15) is 23.5 Å². The van der Waals surface area contributed by atoms with Crippen molar-refractivity contribution in [2.45, 2.75) is 22.1 Å². The van der Waals surface area contributed by atoms with E-state index in [2.05, 4.69) is 12.1 Å². The number of carbonyl (C=O) groups is 1. The van der Waals surface area contributed by atoms with Crippen molar-refractivity contribution < 1.29 is 9.90 Å². The van der Waals surface area contributed by atoms with Crippen molar-refractivity contribution in [3.05, 3.63) is 59.7 Å². The lowest BCUT2D eigenvalue weighted by Crippen LogP contribution is -2.12. The SMILES string of the molecule is O=C(O)CC1c2ccccc2Sc2ccccc21. The predicted octanol–water partition coefficient (Wildman–Crippen LogP) is 3.76. The number of benzene rings is 2. The van der Waals surface area contributed by atoms with E-state index in [-0.39, 0.29) is 12.3 Å². The van der Waals surface area contributed by atoms with Crippen LogP contribution in [0.2, 0.25) is 0 Å². The first-order chi connectivity index (χ1) is 8.75. The molecular formula is C15H12O2S. The molecule has 3 heteroatoms. The molecule has 90 valence electrons. The first-order valence-corrected chi connectivity index (χ1v) is 6.65. The second kappa shape index (κ2) is 4.50. The number of rotatable bonds is 2. The van der Waals surface area contributed by atoms with Crippen molar-refractivity contribution in [2.24, 2.45) is 0 Å². The van der Waals surface area contributed by atoms with Gasteiger partial charge in [-0.05, 0) is 23.3 Å². The molecule has 1 N–H and O–H groups in total. The second-order valence-electron chi connectivity index (χ2n) is 4.33. The average Bonchev–Trinajstić information content (AvgIpc) is 2.38. The largest absolute Gasteiger partial charge is 0.481 e. The lowest BCUT2D eigenvalue weighted by atomic mass is 9.88. The smallest absolute Gasteiger partial charge is 0.304 e. The molecule has 1 aliphatic heterocycles. The van der Waals surface area contributed by atoms with Crippen LogP contribution in [0.4, 0.5) is 0 Å². The Morgan fingerprint density at radius 1 is 1.00 bits per heavy atom. The summed E-state index contributed by atoms with van der Waals surface area (Å²) in [6.07, 6.45) is 0.147. The highest BCUT2D eigenvalue weighted by Gasteiger charge is 2.27. The normalized spacial score (nSPS) is 13.8. The van der Waals surface area contributed by atoms with Crippen molar-refractivity contribution in [2.75, 3.05) is 0 Å². The number of carboxylic acids is 1. The summed E-state index contributed by atoms with van der Waals surface area (Å²) < 4.78 is 0. The minimum atomic E-state index is -0.753. The van der Waals surface area contributed by atoms with Crippen LogP contribution in [0.3, 0.4) is 0 Å². The van der Waals surface area contributed by atoms with E-state index in [9.17, 15) is 4.79 Å². The van der Waals surface area contributed by atoms with E-state index < -0.39 is 5.97 Å². The minimum absolute atomic E-state index is 0.0313. The molecule has 0 saturated heterocycles. The molecule has 0 amide bonds. The Bertz CT molecular complexity index is 561. The third-order valence-corrected chi connectivity index (χ3v) is 4.37. The Morgan fingerprint density at radius 2 is 1.50 bits per heavy atom. The van der Waals surface area contributed by atoms with Crippen LogP contribution in [0.25, 0.3) is 0 Å². The van der Waals surface area contributed by atoms with Crippen molar-refractivity contribution in [1.29, 1.82) is 0 Å². The summed E-state index contributed by atoms with van der Waals surface area (Å²) in [5, 5.41) is 9.11. The lowest BCUT2D eigenvalue weighted by Gasteiger charge is -2.26. The summed E-state index contributed by atoms with van der Waals surface area (Å²) in [4.78, 5) is 13.4. The third-order valence-electron chi connectivity index (χ3n) is 3.19. The summed E-state index contributed by atoms with van der Waals surface area (Å²) in [5.74, 6) is -0.785. The van der Waals surface area contributed by atoms with E-state index in [0.29, 0.717) is 0 Å². The standard InChI is InChI=1S/C15H12O2S/c16-15(17)9-12-10-5-1-3-7-13(10)18-14-8-4-2-6-11(12)14/h1-8,12H,9H2,(H,16,17). The maximum Gasteiger partial charge on any atom is 0.304 e. The van der Waals surface area contributed by atoms with E-state index in [1.54, 1.807) is 11.8 Å². The van der Waals surface area contributed by atoms with Crippen molar-refractivity contribution in [3.63, 3.8) is 0 Å². The van der Waals surface area contributed by atoms with E-state index in [0.717, 1.165) is 11.1 Å². The van der Waals surface area contributed by atoms with Gasteiger partial charge in [0.05, 0.1) is 6.42 Å². The predicted molar refractivity (Wildman–Crippen MR) is 71.1 cm³/mol. The van der Waals surface area contributed by atoms with Gasteiger partial charge in [-0.15, -0.1) is 0 Å². The Hall–Kier alpha value is -1.74. The van der Waals surface area contributed by atoms with Gasteiger partial charge in [-0.3, -0.25) is 4.79 Å². The zero-order valence-corrected chi connectivity index (χ0v) is 10.5. The number of hydrogen-bond donors (Lipinski definition) is 1. The van der Waals surface area contributed by atoms with Gasteiger partial charge in [-0.1, -0.05) is 48.2 Å². The van der Waals surface area contributed by atoms with Gasteiger partial charge in [0.15, 0.2) is 0 Å². The summed E-state index contributed by atoms with van der Waals surface area (Å²) in [7, 11) is 0. The Morgan fingerprint density at radius 3 is 2.00 bits per heavy atom. The van der Waals surface area contributed by atoms with Crippen LogP contribution in [0.15, 0.2) is 58.3 Å². The van der Waals surface area contributed by atoms with Gasteiger partial charge >= 0.3 is 5.97 Å². The highest BCUT2D eigenvalue weighted by atomic mass is 32.2. The third kappa shape index (κ3) is 1.91. The maximum absolute atomic E-state index is 11.1. The molecule has 1 aliphatic rings. The van der Waals surface area contributed by atoms with Crippen molar-refractivity contribution in [3.8, 4) is 0 Å². The summed E-state index contributed by atoms with van der Waals surface area (Å²) in [6.45, 7) is 0. The van der Waals surface area contributed by atoms with Gasteiger partial charge in [0, 0.05) is 15.7 Å². The summed E-state index contributed by atoms with van der Waals surface area (Å²) in [5.41, 5.74) is 2.26. The number of aliphatic carboxylic acids is 1. The molecule has 0 bridgehead atoms. The monoisotopic (exact) mass is 256 g/mol. The molecule has 2 nitrogen and oxygen atoms in total.